The summed E-state index contributed by atoms with van der Waals surface area (Å²) in [6.45, 7) is 1.53. The number of carbonyl (C=O) groups is 1. The van der Waals surface area contributed by atoms with Gasteiger partial charge < -0.3 is 16.2 Å². The van der Waals surface area contributed by atoms with E-state index < -0.39 is 12.0 Å². The monoisotopic (exact) mass is 214 g/mol. The molecule has 0 aliphatic carbocycles. The van der Waals surface area contributed by atoms with Crippen molar-refractivity contribution in [3.8, 4) is 5.75 Å². The van der Waals surface area contributed by atoms with Crippen molar-refractivity contribution >= 4 is 23.2 Å². The van der Waals surface area contributed by atoms with Crippen LogP contribution >= 0.6 is 11.6 Å². The van der Waals surface area contributed by atoms with Gasteiger partial charge in [-0.25, -0.2) is 0 Å². The number of rotatable bonds is 3. The lowest BCUT2D eigenvalue weighted by Gasteiger charge is -2.14. The highest BCUT2D eigenvalue weighted by Gasteiger charge is 2.14. The molecule has 0 heterocycles. The van der Waals surface area contributed by atoms with Crippen LogP contribution in [-0.2, 0) is 4.79 Å². The smallest absolute Gasteiger partial charge is 0.258 e. The molecule has 0 aliphatic heterocycles. The predicted molar refractivity (Wildman–Crippen MR) is 55.1 cm³/mol. The molecule has 0 saturated carbocycles. The van der Waals surface area contributed by atoms with E-state index in [0.29, 0.717) is 16.5 Å². The van der Waals surface area contributed by atoms with E-state index in [1.165, 1.54) is 6.92 Å². The molecule has 5 heteroatoms. The summed E-state index contributed by atoms with van der Waals surface area (Å²) < 4.78 is 5.21. The fraction of sp³-hybridized carbons (Fsp3) is 0.222. The maximum atomic E-state index is 10.7. The standard InChI is InChI=1S/C9H11ClN2O2/c1-5(9(12)13)14-8-6(10)3-2-4-7(8)11/h2-5H,11H2,1H3,(H2,12,13). The van der Waals surface area contributed by atoms with Crippen molar-refractivity contribution in [3.05, 3.63) is 23.2 Å². The van der Waals surface area contributed by atoms with E-state index in [1.54, 1.807) is 18.2 Å². The van der Waals surface area contributed by atoms with Gasteiger partial charge in [0.25, 0.3) is 5.91 Å². The van der Waals surface area contributed by atoms with Crippen molar-refractivity contribution in [2.24, 2.45) is 5.73 Å². The summed E-state index contributed by atoms with van der Waals surface area (Å²) in [7, 11) is 0. The first kappa shape index (κ1) is 10.7. The van der Waals surface area contributed by atoms with Gasteiger partial charge in [0, 0.05) is 0 Å². The lowest BCUT2D eigenvalue weighted by Crippen LogP contribution is -2.30. The number of primary amides is 1. The van der Waals surface area contributed by atoms with E-state index in [0.717, 1.165) is 0 Å². The molecule has 0 aromatic heterocycles. The number of hydrogen-bond donors (Lipinski definition) is 2. The summed E-state index contributed by atoms with van der Waals surface area (Å²) in [6, 6.07) is 4.95. The first-order valence-corrected chi connectivity index (χ1v) is 4.40. The van der Waals surface area contributed by atoms with E-state index in [2.05, 4.69) is 0 Å². The third-order valence-corrected chi connectivity index (χ3v) is 1.99. The molecule has 0 saturated heterocycles. The van der Waals surface area contributed by atoms with Crippen molar-refractivity contribution in [2.45, 2.75) is 13.0 Å². The molecule has 1 aromatic rings. The summed E-state index contributed by atoms with van der Waals surface area (Å²) >= 11 is 5.82. The molecule has 0 fully saturated rings. The molecule has 0 spiro atoms. The lowest BCUT2D eigenvalue weighted by molar-refractivity contribution is -0.123. The molecule has 1 aromatic carbocycles. The van der Waals surface area contributed by atoms with E-state index in [1.807, 2.05) is 0 Å². The van der Waals surface area contributed by atoms with E-state index in [-0.39, 0.29) is 0 Å². The molecule has 1 amide bonds. The number of amides is 1. The summed E-state index contributed by atoms with van der Waals surface area (Å²) in [5.41, 5.74) is 11.0. The van der Waals surface area contributed by atoms with Crippen LogP contribution in [0.3, 0.4) is 0 Å². The Labute approximate surface area is 86.8 Å². The molecule has 0 radical (unpaired) electrons. The molecule has 0 bridgehead atoms. The second-order valence-corrected chi connectivity index (χ2v) is 3.23. The quantitative estimate of drug-likeness (QED) is 0.742. The maximum Gasteiger partial charge on any atom is 0.258 e. The lowest BCUT2D eigenvalue weighted by atomic mass is 10.3. The molecule has 76 valence electrons. The third kappa shape index (κ3) is 2.29. The SMILES string of the molecule is CC(Oc1c(N)cccc1Cl)C(N)=O. The Kier molecular flexibility index (Phi) is 3.19. The van der Waals surface area contributed by atoms with Crippen molar-refractivity contribution in [2.75, 3.05) is 5.73 Å². The van der Waals surface area contributed by atoms with Crippen LogP contribution in [0.25, 0.3) is 0 Å². The molecule has 1 rings (SSSR count). The second-order valence-electron chi connectivity index (χ2n) is 2.82. The van der Waals surface area contributed by atoms with Crippen LogP contribution in [0.15, 0.2) is 18.2 Å². The number of nitrogen functional groups attached to an aromatic ring is 1. The summed E-state index contributed by atoms with van der Waals surface area (Å²) in [5.74, 6) is -0.273. The number of hydrogen-bond acceptors (Lipinski definition) is 3. The molecular formula is C9H11ClN2O2. The van der Waals surface area contributed by atoms with Crippen molar-refractivity contribution in [3.63, 3.8) is 0 Å². The average molecular weight is 215 g/mol. The average Bonchev–Trinajstić information content (AvgIpc) is 2.11. The largest absolute Gasteiger partial charge is 0.477 e. The zero-order valence-corrected chi connectivity index (χ0v) is 8.41. The number of carbonyl (C=O) groups excluding carboxylic acids is 1. The fourth-order valence-corrected chi connectivity index (χ4v) is 1.11. The Morgan fingerprint density at radius 1 is 1.57 bits per heavy atom. The van der Waals surface area contributed by atoms with Crippen LogP contribution in [0.5, 0.6) is 5.75 Å². The fourth-order valence-electron chi connectivity index (χ4n) is 0.885. The van der Waals surface area contributed by atoms with Crippen LogP contribution in [0.4, 0.5) is 5.69 Å². The van der Waals surface area contributed by atoms with Gasteiger partial charge in [-0.2, -0.15) is 0 Å². The van der Waals surface area contributed by atoms with Crippen LogP contribution in [0.1, 0.15) is 6.92 Å². The maximum absolute atomic E-state index is 10.7. The Morgan fingerprint density at radius 2 is 2.21 bits per heavy atom. The number of halogens is 1. The van der Waals surface area contributed by atoms with E-state index >= 15 is 0 Å². The number of ether oxygens (including phenoxy) is 1. The van der Waals surface area contributed by atoms with Gasteiger partial charge in [-0.3, -0.25) is 4.79 Å². The molecule has 4 N–H and O–H groups in total. The Morgan fingerprint density at radius 3 is 2.71 bits per heavy atom. The topological polar surface area (TPSA) is 78.3 Å². The van der Waals surface area contributed by atoms with Gasteiger partial charge in [-0.05, 0) is 19.1 Å². The molecular weight excluding hydrogens is 204 g/mol. The van der Waals surface area contributed by atoms with Gasteiger partial charge >= 0.3 is 0 Å². The van der Waals surface area contributed by atoms with Gasteiger partial charge in [-0.15, -0.1) is 0 Å². The normalized spacial score (nSPS) is 12.1. The number of benzene rings is 1. The van der Waals surface area contributed by atoms with E-state index in [4.69, 9.17) is 27.8 Å². The summed E-state index contributed by atoms with van der Waals surface area (Å²) in [5, 5.41) is 0.359. The van der Waals surface area contributed by atoms with Gasteiger partial charge in [0.2, 0.25) is 0 Å². The summed E-state index contributed by atoms with van der Waals surface area (Å²) in [6.07, 6.45) is -0.753. The van der Waals surface area contributed by atoms with Crippen molar-refractivity contribution in [1.82, 2.24) is 0 Å². The zero-order chi connectivity index (χ0) is 10.7. The molecule has 1 atom stereocenters. The van der Waals surface area contributed by atoms with Crippen LogP contribution in [0, 0.1) is 0 Å². The molecule has 4 nitrogen and oxygen atoms in total. The highest BCUT2D eigenvalue weighted by molar-refractivity contribution is 6.32. The highest BCUT2D eigenvalue weighted by Crippen LogP contribution is 2.31. The molecule has 0 aliphatic rings. The van der Waals surface area contributed by atoms with Gasteiger partial charge in [-0.1, -0.05) is 17.7 Å². The third-order valence-electron chi connectivity index (χ3n) is 1.69. The predicted octanol–water partition coefficient (Wildman–Crippen LogP) is 1.17. The minimum absolute atomic E-state index is 0.292. The minimum Gasteiger partial charge on any atom is -0.477 e. The van der Waals surface area contributed by atoms with Crippen molar-refractivity contribution in [1.29, 1.82) is 0 Å². The number of para-hydroxylation sites is 1. The van der Waals surface area contributed by atoms with E-state index in [9.17, 15) is 4.79 Å². The molecule has 14 heavy (non-hydrogen) atoms. The van der Waals surface area contributed by atoms with Crippen molar-refractivity contribution < 1.29 is 9.53 Å². The Bertz CT molecular complexity index is 334. The van der Waals surface area contributed by atoms with Gasteiger partial charge in [0.05, 0.1) is 10.7 Å². The summed E-state index contributed by atoms with van der Waals surface area (Å²) in [4.78, 5) is 10.7. The Hall–Kier alpha value is -1.42. The Balaban J connectivity index is 2.91. The molecule has 1 unspecified atom stereocenters. The first-order chi connectivity index (χ1) is 6.52. The highest BCUT2D eigenvalue weighted by atomic mass is 35.5. The number of nitrogens with two attached hydrogens (primary N) is 2. The number of anilines is 1. The van der Waals surface area contributed by atoms with Gasteiger partial charge in [0.1, 0.15) is 0 Å². The zero-order valence-electron chi connectivity index (χ0n) is 7.66. The van der Waals surface area contributed by atoms with Gasteiger partial charge in [0.15, 0.2) is 11.9 Å². The van der Waals surface area contributed by atoms with Crippen LogP contribution < -0.4 is 16.2 Å². The van der Waals surface area contributed by atoms with Crippen LogP contribution in [0.2, 0.25) is 5.02 Å². The second kappa shape index (κ2) is 4.19. The minimum atomic E-state index is -0.753. The first-order valence-electron chi connectivity index (χ1n) is 4.02. The van der Waals surface area contributed by atoms with Crippen LogP contribution in [-0.4, -0.2) is 12.0 Å².